The van der Waals surface area contributed by atoms with E-state index in [1.807, 2.05) is 0 Å². The Morgan fingerprint density at radius 1 is 1.42 bits per heavy atom. The molecule has 1 amide bonds. The van der Waals surface area contributed by atoms with Crippen LogP contribution < -0.4 is 10.6 Å². The van der Waals surface area contributed by atoms with Gasteiger partial charge in [0.2, 0.25) is 5.91 Å². The van der Waals surface area contributed by atoms with Gasteiger partial charge in [0.25, 0.3) is 0 Å². The fraction of sp³-hybridized carbons (Fsp3) is 0.882. The number of rotatable bonds is 10. The number of amides is 1. The van der Waals surface area contributed by atoms with E-state index in [-0.39, 0.29) is 12.5 Å². The van der Waals surface area contributed by atoms with Gasteiger partial charge in [-0.25, -0.2) is 0 Å². The number of hydrogen-bond donors (Lipinski definition) is 2. The summed E-state index contributed by atoms with van der Waals surface area (Å²) >= 11 is 0. The summed E-state index contributed by atoms with van der Waals surface area (Å²) in [6.45, 7) is 5.42. The lowest BCUT2D eigenvalue weighted by Gasteiger charge is -2.39. The Morgan fingerprint density at radius 3 is 2.67 bits per heavy atom. The van der Waals surface area contributed by atoms with Crippen molar-refractivity contribution in [2.24, 2.45) is 0 Å². The molecule has 0 spiro atoms. The largest absolute Gasteiger partial charge is 0.378 e. The van der Waals surface area contributed by atoms with Crippen LogP contribution in [0.2, 0.25) is 0 Å². The van der Waals surface area contributed by atoms with Crippen molar-refractivity contribution >= 4 is 12.2 Å². The summed E-state index contributed by atoms with van der Waals surface area (Å²) in [7, 11) is 3.91. The predicted molar refractivity (Wildman–Crippen MR) is 93.0 cm³/mol. The van der Waals surface area contributed by atoms with Crippen LogP contribution in [0, 0.1) is 0 Å². The van der Waals surface area contributed by atoms with E-state index in [0.29, 0.717) is 37.9 Å². The summed E-state index contributed by atoms with van der Waals surface area (Å²) in [5.41, 5.74) is 0. The van der Waals surface area contributed by atoms with Crippen LogP contribution in [-0.4, -0.2) is 93.1 Å². The van der Waals surface area contributed by atoms with Gasteiger partial charge in [0.05, 0.1) is 31.8 Å². The minimum atomic E-state index is -0.466. The van der Waals surface area contributed by atoms with Crippen molar-refractivity contribution in [1.29, 1.82) is 0 Å². The average Bonchev–Trinajstić information content (AvgIpc) is 2.82. The molecule has 2 aliphatic rings. The molecule has 3 atom stereocenters. The number of ether oxygens (including phenoxy) is 1. The van der Waals surface area contributed by atoms with Crippen molar-refractivity contribution in [3.05, 3.63) is 0 Å². The number of hydrogen-bond acceptors (Lipinski definition) is 6. The van der Waals surface area contributed by atoms with E-state index in [4.69, 9.17) is 4.74 Å². The highest BCUT2D eigenvalue weighted by molar-refractivity contribution is 5.81. The van der Waals surface area contributed by atoms with E-state index in [9.17, 15) is 9.59 Å². The highest BCUT2D eigenvalue weighted by Gasteiger charge is 2.31. The van der Waals surface area contributed by atoms with Crippen LogP contribution in [0.5, 0.6) is 0 Å². The number of nitrogens with zero attached hydrogens (tertiary/aromatic N) is 2. The van der Waals surface area contributed by atoms with Crippen LogP contribution in [0.25, 0.3) is 0 Å². The fourth-order valence-corrected chi connectivity index (χ4v) is 3.51. The number of likely N-dealkylation sites (N-methyl/N-ethyl adjacent to an activating group) is 1. The van der Waals surface area contributed by atoms with E-state index in [1.165, 1.54) is 12.8 Å². The van der Waals surface area contributed by atoms with E-state index in [0.717, 1.165) is 19.3 Å². The van der Waals surface area contributed by atoms with Gasteiger partial charge < -0.3 is 25.1 Å². The Morgan fingerprint density at radius 2 is 2.17 bits per heavy atom. The van der Waals surface area contributed by atoms with E-state index >= 15 is 0 Å². The summed E-state index contributed by atoms with van der Waals surface area (Å²) in [4.78, 5) is 27.8. The molecule has 0 saturated carbocycles. The first-order chi connectivity index (χ1) is 11.5. The number of carbonyl (C=O) groups excluding carboxylic acids is 2. The number of aldehydes is 1. The molecule has 2 N–H and O–H groups in total. The lowest BCUT2D eigenvalue weighted by Crippen LogP contribution is -2.55. The van der Waals surface area contributed by atoms with Crippen molar-refractivity contribution in [2.75, 3.05) is 46.9 Å². The first-order valence-electron chi connectivity index (χ1n) is 8.98. The third kappa shape index (κ3) is 5.24. The summed E-state index contributed by atoms with van der Waals surface area (Å²) in [5.74, 6) is -0.149. The van der Waals surface area contributed by atoms with Crippen LogP contribution >= 0.6 is 0 Å². The van der Waals surface area contributed by atoms with E-state index in [1.54, 1.807) is 7.05 Å². The number of nitrogens with one attached hydrogen (secondary N) is 2. The second-order valence-electron chi connectivity index (χ2n) is 7.06. The maximum Gasteiger partial charge on any atom is 0.234 e. The third-order valence-electron chi connectivity index (χ3n) is 5.35. The van der Waals surface area contributed by atoms with Gasteiger partial charge in [0.15, 0.2) is 0 Å². The quantitative estimate of drug-likeness (QED) is 0.521. The minimum absolute atomic E-state index is 0.149. The zero-order valence-electron chi connectivity index (χ0n) is 15.2. The fourth-order valence-electron chi connectivity index (χ4n) is 3.51. The molecule has 7 heteroatoms. The molecule has 2 heterocycles. The van der Waals surface area contributed by atoms with Gasteiger partial charge in [0, 0.05) is 25.2 Å². The Bertz CT molecular complexity index is 417. The number of carbonyl (C=O) groups is 2. The van der Waals surface area contributed by atoms with Crippen molar-refractivity contribution in [1.82, 2.24) is 20.4 Å². The topological polar surface area (TPSA) is 73.9 Å². The van der Waals surface area contributed by atoms with Crippen molar-refractivity contribution < 1.29 is 14.3 Å². The molecule has 2 rings (SSSR count). The predicted octanol–water partition coefficient (Wildman–Crippen LogP) is -0.537. The van der Waals surface area contributed by atoms with Crippen LogP contribution in [0.15, 0.2) is 0 Å². The van der Waals surface area contributed by atoms with Gasteiger partial charge >= 0.3 is 0 Å². The molecular weight excluding hydrogens is 308 g/mol. The smallest absolute Gasteiger partial charge is 0.234 e. The second kappa shape index (κ2) is 9.46. The first-order valence-corrected chi connectivity index (χ1v) is 8.98. The normalized spacial score (nSPS) is 26.3. The lowest BCUT2D eigenvalue weighted by molar-refractivity contribution is -0.124. The van der Waals surface area contributed by atoms with Gasteiger partial charge in [-0.15, -0.1) is 0 Å². The van der Waals surface area contributed by atoms with Crippen LogP contribution in [-0.2, 0) is 14.3 Å². The third-order valence-corrected chi connectivity index (χ3v) is 5.35. The molecule has 24 heavy (non-hydrogen) atoms. The molecule has 138 valence electrons. The molecular formula is C17H32N4O3. The van der Waals surface area contributed by atoms with E-state index in [2.05, 4.69) is 34.4 Å². The highest BCUT2D eigenvalue weighted by atomic mass is 16.5. The monoisotopic (exact) mass is 340 g/mol. The van der Waals surface area contributed by atoms with Gasteiger partial charge in [-0.2, -0.15) is 0 Å². The second-order valence-corrected chi connectivity index (χ2v) is 7.06. The van der Waals surface area contributed by atoms with E-state index < -0.39 is 6.04 Å². The molecule has 0 aliphatic carbocycles. The minimum Gasteiger partial charge on any atom is -0.378 e. The Labute approximate surface area is 145 Å². The van der Waals surface area contributed by atoms with Gasteiger partial charge in [-0.1, -0.05) is 0 Å². The van der Waals surface area contributed by atoms with Gasteiger partial charge in [-0.05, 0) is 40.3 Å². The van der Waals surface area contributed by atoms with Crippen molar-refractivity contribution in [3.63, 3.8) is 0 Å². The van der Waals surface area contributed by atoms with Gasteiger partial charge in [-0.3, -0.25) is 9.69 Å². The molecule has 0 bridgehead atoms. The maximum absolute atomic E-state index is 11.7. The molecule has 2 fully saturated rings. The molecule has 0 aromatic heterocycles. The average molecular weight is 340 g/mol. The number of likely N-dealkylation sites (tertiary alicyclic amines) is 1. The highest BCUT2D eigenvalue weighted by Crippen LogP contribution is 2.24. The molecule has 0 aromatic carbocycles. The van der Waals surface area contributed by atoms with Crippen molar-refractivity contribution in [3.8, 4) is 0 Å². The van der Waals surface area contributed by atoms with Gasteiger partial charge in [0.1, 0.15) is 6.29 Å². The van der Waals surface area contributed by atoms with Crippen LogP contribution in [0.3, 0.4) is 0 Å². The standard InChI is InChI=1S/C17H32N4O3/c1-13-4-5-15(20(13)3)6-7-21(16-11-24-12-16)9-14(10-22)19-17(23)8-18-2/h10,13-16,18H,4-9,11-12H2,1-3H3,(H,19,23). The Hall–Kier alpha value is -1.02. The summed E-state index contributed by atoms with van der Waals surface area (Å²) in [6, 6.07) is 1.15. The summed E-state index contributed by atoms with van der Waals surface area (Å²) in [5, 5.41) is 5.58. The maximum atomic E-state index is 11.7. The SMILES string of the molecule is CNCC(=O)NC(C=O)CN(CCC1CCC(C)N1C)C1COC1. The summed E-state index contributed by atoms with van der Waals surface area (Å²) in [6.07, 6.45) is 4.42. The summed E-state index contributed by atoms with van der Waals surface area (Å²) < 4.78 is 5.32. The van der Waals surface area contributed by atoms with Crippen LogP contribution in [0.1, 0.15) is 26.2 Å². The molecule has 0 aromatic rings. The first kappa shape index (κ1) is 19.3. The Kier molecular flexibility index (Phi) is 7.61. The zero-order valence-corrected chi connectivity index (χ0v) is 15.2. The molecule has 7 nitrogen and oxygen atoms in total. The molecule has 2 saturated heterocycles. The molecule has 2 aliphatic heterocycles. The van der Waals surface area contributed by atoms with Crippen molar-refractivity contribution in [2.45, 2.75) is 50.4 Å². The molecule has 0 radical (unpaired) electrons. The molecule has 3 unspecified atom stereocenters. The zero-order chi connectivity index (χ0) is 17.5. The lowest BCUT2D eigenvalue weighted by atomic mass is 10.1. The van der Waals surface area contributed by atoms with Crippen LogP contribution in [0.4, 0.5) is 0 Å². The Balaban J connectivity index is 1.85.